The molecule has 1 fully saturated rings. The fraction of sp³-hybridized carbons (Fsp3) is 0.600. The standard InChI is InChI=1S/C15H20BrNO2/c16-9-13-11-17(6-8-18-13)10-12-5-7-19-15-4-2-1-3-14(12)15/h1-4,12-13H,5-11H2. The Bertz CT molecular complexity index is 426. The van der Waals surface area contributed by atoms with Crippen molar-refractivity contribution >= 4 is 15.9 Å². The molecule has 0 amide bonds. The van der Waals surface area contributed by atoms with E-state index in [-0.39, 0.29) is 0 Å². The Hall–Kier alpha value is -0.580. The topological polar surface area (TPSA) is 21.7 Å². The van der Waals surface area contributed by atoms with E-state index >= 15 is 0 Å². The van der Waals surface area contributed by atoms with E-state index in [1.807, 2.05) is 0 Å². The number of ether oxygens (including phenoxy) is 2. The van der Waals surface area contributed by atoms with Crippen molar-refractivity contribution in [3.8, 4) is 5.75 Å². The van der Waals surface area contributed by atoms with Crippen LogP contribution in [-0.2, 0) is 4.74 Å². The Labute approximate surface area is 123 Å². The lowest BCUT2D eigenvalue weighted by atomic mass is 9.92. The molecule has 2 unspecified atom stereocenters. The highest BCUT2D eigenvalue weighted by molar-refractivity contribution is 9.09. The molecule has 2 heterocycles. The zero-order valence-corrected chi connectivity index (χ0v) is 12.6. The van der Waals surface area contributed by atoms with Crippen molar-refractivity contribution < 1.29 is 9.47 Å². The number of hydrogen-bond acceptors (Lipinski definition) is 3. The van der Waals surface area contributed by atoms with Gasteiger partial charge in [0.15, 0.2) is 0 Å². The molecule has 104 valence electrons. The number of hydrogen-bond donors (Lipinski definition) is 0. The first-order valence-electron chi connectivity index (χ1n) is 6.98. The van der Waals surface area contributed by atoms with E-state index in [4.69, 9.17) is 9.47 Å². The normalized spacial score (nSPS) is 27.6. The first-order chi connectivity index (χ1) is 9.36. The van der Waals surface area contributed by atoms with Crippen LogP contribution in [0, 0.1) is 0 Å². The summed E-state index contributed by atoms with van der Waals surface area (Å²) < 4.78 is 11.4. The Morgan fingerprint density at radius 2 is 2.16 bits per heavy atom. The molecule has 3 nitrogen and oxygen atoms in total. The quantitative estimate of drug-likeness (QED) is 0.797. The van der Waals surface area contributed by atoms with Crippen LogP contribution in [0.25, 0.3) is 0 Å². The number of halogens is 1. The van der Waals surface area contributed by atoms with Gasteiger partial charge < -0.3 is 9.47 Å². The van der Waals surface area contributed by atoms with Crippen molar-refractivity contribution in [2.45, 2.75) is 18.4 Å². The average molecular weight is 326 g/mol. The summed E-state index contributed by atoms with van der Waals surface area (Å²) in [5, 5.41) is 0.924. The zero-order chi connectivity index (χ0) is 13.1. The lowest BCUT2D eigenvalue weighted by Crippen LogP contribution is -2.45. The lowest BCUT2D eigenvalue weighted by Gasteiger charge is -2.36. The SMILES string of the molecule is BrCC1CN(CC2CCOc3ccccc32)CCO1. The minimum atomic E-state index is 0.337. The van der Waals surface area contributed by atoms with Gasteiger partial charge >= 0.3 is 0 Å². The number of rotatable bonds is 3. The van der Waals surface area contributed by atoms with Crippen molar-refractivity contribution in [1.29, 1.82) is 0 Å². The van der Waals surface area contributed by atoms with Gasteiger partial charge in [-0.15, -0.1) is 0 Å². The number of fused-ring (bicyclic) bond motifs is 1. The highest BCUT2D eigenvalue weighted by atomic mass is 79.9. The number of alkyl halides is 1. The van der Waals surface area contributed by atoms with Gasteiger partial charge in [0, 0.05) is 30.9 Å². The third-order valence-electron chi connectivity index (χ3n) is 3.96. The van der Waals surface area contributed by atoms with Crippen molar-refractivity contribution in [3.63, 3.8) is 0 Å². The van der Waals surface area contributed by atoms with Crippen molar-refractivity contribution in [2.75, 3.05) is 38.2 Å². The van der Waals surface area contributed by atoms with E-state index in [1.54, 1.807) is 0 Å². The summed E-state index contributed by atoms with van der Waals surface area (Å²) in [5.41, 5.74) is 1.37. The van der Waals surface area contributed by atoms with Gasteiger partial charge in [-0.25, -0.2) is 0 Å². The molecular weight excluding hydrogens is 306 g/mol. The predicted molar refractivity (Wildman–Crippen MR) is 79.3 cm³/mol. The number of nitrogens with zero attached hydrogens (tertiary/aromatic N) is 1. The second-order valence-corrected chi connectivity index (χ2v) is 5.93. The molecule has 1 aromatic carbocycles. The van der Waals surface area contributed by atoms with Crippen LogP contribution in [0.3, 0.4) is 0 Å². The van der Waals surface area contributed by atoms with E-state index in [9.17, 15) is 0 Å². The van der Waals surface area contributed by atoms with Gasteiger partial charge in [0.1, 0.15) is 5.75 Å². The highest BCUT2D eigenvalue weighted by Gasteiger charge is 2.26. The van der Waals surface area contributed by atoms with Gasteiger partial charge in [0.25, 0.3) is 0 Å². The summed E-state index contributed by atoms with van der Waals surface area (Å²) >= 11 is 3.52. The van der Waals surface area contributed by atoms with Gasteiger partial charge in [-0.1, -0.05) is 34.1 Å². The van der Waals surface area contributed by atoms with Crippen molar-refractivity contribution in [2.24, 2.45) is 0 Å². The summed E-state index contributed by atoms with van der Waals surface area (Å²) in [6.45, 7) is 4.88. The average Bonchev–Trinajstić information content (AvgIpc) is 2.48. The third kappa shape index (κ3) is 3.12. The number of benzene rings is 1. The smallest absolute Gasteiger partial charge is 0.122 e. The molecule has 2 atom stereocenters. The molecular formula is C15H20BrNO2. The molecule has 4 heteroatoms. The van der Waals surface area contributed by atoms with Crippen LogP contribution in [-0.4, -0.2) is 49.2 Å². The zero-order valence-electron chi connectivity index (χ0n) is 11.1. The number of morpholine rings is 1. The van der Waals surface area contributed by atoms with Gasteiger partial charge in [-0.2, -0.15) is 0 Å². The largest absolute Gasteiger partial charge is 0.493 e. The molecule has 1 saturated heterocycles. The van der Waals surface area contributed by atoms with Gasteiger partial charge in [-0.3, -0.25) is 4.90 Å². The van der Waals surface area contributed by atoms with Crippen LogP contribution in [0.4, 0.5) is 0 Å². The molecule has 3 rings (SSSR count). The first kappa shape index (κ1) is 13.4. The Morgan fingerprint density at radius 1 is 1.26 bits per heavy atom. The van der Waals surface area contributed by atoms with Crippen molar-refractivity contribution in [1.82, 2.24) is 4.90 Å². The Morgan fingerprint density at radius 3 is 3.05 bits per heavy atom. The molecule has 0 N–H and O–H groups in total. The van der Waals surface area contributed by atoms with Crippen LogP contribution in [0.5, 0.6) is 5.75 Å². The van der Waals surface area contributed by atoms with Gasteiger partial charge in [0.2, 0.25) is 0 Å². The molecule has 2 aliphatic rings. The minimum Gasteiger partial charge on any atom is -0.493 e. The van der Waals surface area contributed by atoms with Crippen LogP contribution in [0.2, 0.25) is 0 Å². The van der Waals surface area contributed by atoms with E-state index in [2.05, 4.69) is 45.1 Å². The molecule has 0 bridgehead atoms. The van der Waals surface area contributed by atoms with Crippen LogP contribution < -0.4 is 4.74 Å². The maximum atomic E-state index is 5.73. The van der Waals surface area contributed by atoms with Crippen LogP contribution >= 0.6 is 15.9 Å². The maximum absolute atomic E-state index is 5.73. The van der Waals surface area contributed by atoms with Gasteiger partial charge in [-0.05, 0) is 18.1 Å². The van der Waals surface area contributed by atoms with Gasteiger partial charge in [0.05, 0.1) is 19.3 Å². The summed E-state index contributed by atoms with van der Waals surface area (Å²) in [5.74, 6) is 1.67. The predicted octanol–water partition coefficient (Wildman–Crippen LogP) is 2.65. The highest BCUT2D eigenvalue weighted by Crippen LogP contribution is 2.34. The summed E-state index contributed by atoms with van der Waals surface area (Å²) in [7, 11) is 0. The fourth-order valence-corrected chi connectivity index (χ4v) is 3.35. The number of para-hydroxylation sites is 1. The molecule has 19 heavy (non-hydrogen) atoms. The third-order valence-corrected chi connectivity index (χ3v) is 4.68. The molecule has 1 aromatic rings. The molecule has 0 saturated carbocycles. The Kier molecular flexibility index (Phi) is 4.41. The van der Waals surface area contributed by atoms with Crippen LogP contribution in [0.15, 0.2) is 24.3 Å². The summed E-state index contributed by atoms with van der Waals surface area (Å²) in [4.78, 5) is 2.53. The first-order valence-corrected chi connectivity index (χ1v) is 8.10. The van der Waals surface area contributed by atoms with Crippen molar-refractivity contribution in [3.05, 3.63) is 29.8 Å². The fourth-order valence-electron chi connectivity index (χ4n) is 2.96. The maximum Gasteiger partial charge on any atom is 0.122 e. The van der Waals surface area contributed by atoms with E-state index in [1.165, 1.54) is 5.56 Å². The van der Waals surface area contributed by atoms with Crippen LogP contribution in [0.1, 0.15) is 17.9 Å². The lowest BCUT2D eigenvalue weighted by molar-refractivity contribution is -0.0181. The minimum absolute atomic E-state index is 0.337. The van der Waals surface area contributed by atoms with E-state index < -0.39 is 0 Å². The summed E-state index contributed by atoms with van der Waals surface area (Å²) in [6.07, 6.45) is 1.46. The second kappa shape index (κ2) is 6.25. The molecule has 0 spiro atoms. The molecule has 0 radical (unpaired) electrons. The second-order valence-electron chi connectivity index (χ2n) is 5.28. The molecule has 0 aromatic heterocycles. The molecule has 0 aliphatic carbocycles. The molecule has 2 aliphatic heterocycles. The van der Waals surface area contributed by atoms with E-state index in [0.717, 1.165) is 50.3 Å². The van der Waals surface area contributed by atoms with E-state index in [0.29, 0.717) is 12.0 Å². The monoisotopic (exact) mass is 325 g/mol. The Balaban J connectivity index is 1.67. The summed E-state index contributed by atoms with van der Waals surface area (Å²) in [6, 6.07) is 8.46.